The number of ether oxygens (including phenoxy) is 1. The quantitative estimate of drug-likeness (QED) is 0.880. The molecule has 1 aromatic rings. The Balaban J connectivity index is 1.45. The Morgan fingerprint density at radius 1 is 1.20 bits per heavy atom. The fourth-order valence-corrected chi connectivity index (χ4v) is 5.05. The standard InChI is InChI=1S/C18H25NO/c1-3-20-15-7-5-4-6-14(15)11(2)19-18-16-12-8-9-13(10-12)17(16)18/h4-7,11-13,16-19H,3,8-10H2,1-2H3. The van der Waals surface area contributed by atoms with E-state index >= 15 is 0 Å². The van der Waals surface area contributed by atoms with E-state index in [1.807, 2.05) is 0 Å². The summed E-state index contributed by atoms with van der Waals surface area (Å²) in [5.74, 6) is 5.11. The van der Waals surface area contributed by atoms with Crippen LogP contribution in [0.3, 0.4) is 0 Å². The molecule has 3 saturated carbocycles. The van der Waals surface area contributed by atoms with Gasteiger partial charge in [-0.3, -0.25) is 0 Å². The Hall–Kier alpha value is -1.02. The van der Waals surface area contributed by atoms with Gasteiger partial charge in [-0.05, 0) is 62.8 Å². The Kier molecular flexibility index (Phi) is 3.03. The smallest absolute Gasteiger partial charge is 0.124 e. The van der Waals surface area contributed by atoms with E-state index in [1.165, 1.54) is 24.8 Å². The lowest BCUT2D eigenvalue weighted by Crippen LogP contribution is -2.26. The summed E-state index contributed by atoms with van der Waals surface area (Å²) < 4.78 is 5.77. The predicted octanol–water partition coefficient (Wildman–Crippen LogP) is 3.78. The van der Waals surface area contributed by atoms with Crippen LogP contribution >= 0.6 is 0 Å². The highest BCUT2D eigenvalue weighted by molar-refractivity contribution is 5.36. The minimum absolute atomic E-state index is 0.396. The molecular formula is C18H25NO. The number of rotatable bonds is 5. The number of hydrogen-bond donors (Lipinski definition) is 1. The Morgan fingerprint density at radius 3 is 2.60 bits per heavy atom. The summed E-state index contributed by atoms with van der Waals surface area (Å²) in [4.78, 5) is 0. The van der Waals surface area contributed by atoms with Crippen LogP contribution in [0.25, 0.3) is 0 Å². The molecule has 0 aromatic heterocycles. The minimum atomic E-state index is 0.396. The van der Waals surface area contributed by atoms with Crippen molar-refractivity contribution < 1.29 is 4.74 Å². The summed E-state index contributed by atoms with van der Waals surface area (Å²) in [5, 5.41) is 3.89. The van der Waals surface area contributed by atoms with Crippen molar-refractivity contribution in [1.29, 1.82) is 0 Å². The molecule has 0 radical (unpaired) electrons. The summed E-state index contributed by atoms with van der Waals surface area (Å²) in [5.41, 5.74) is 1.31. The van der Waals surface area contributed by atoms with Gasteiger partial charge in [-0.15, -0.1) is 0 Å². The van der Waals surface area contributed by atoms with Gasteiger partial charge in [0, 0.05) is 17.6 Å². The molecule has 0 heterocycles. The van der Waals surface area contributed by atoms with Gasteiger partial charge in [-0.2, -0.15) is 0 Å². The van der Waals surface area contributed by atoms with Crippen molar-refractivity contribution in [2.75, 3.05) is 6.61 Å². The number of benzene rings is 1. The Bertz CT molecular complexity index is 484. The zero-order valence-electron chi connectivity index (χ0n) is 12.5. The van der Waals surface area contributed by atoms with Crippen molar-refractivity contribution in [3.8, 4) is 5.75 Å². The van der Waals surface area contributed by atoms with Gasteiger partial charge < -0.3 is 10.1 Å². The average molecular weight is 271 g/mol. The van der Waals surface area contributed by atoms with Gasteiger partial charge >= 0.3 is 0 Å². The van der Waals surface area contributed by atoms with E-state index in [0.29, 0.717) is 6.04 Å². The van der Waals surface area contributed by atoms with Crippen molar-refractivity contribution in [2.45, 2.75) is 45.2 Å². The highest BCUT2D eigenvalue weighted by Crippen LogP contribution is 2.65. The first kappa shape index (κ1) is 12.7. The van der Waals surface area contributed by atoms with Crippen molar-refractivity contribution in [1.82, 2.24) is 5.32 Å². The molecule has 0 aliphatic heterocycles. The second kappa shape index (κ2) is 4.77. The molecule has 0 saturated heterocycles. The third-order valence-corrected chi connectivity index (χ3v) is 5.86. The third-order valence-electron chi connectivity index (χ3n) is 5.86. The van der Waals surface area contributed by atoms with Crippen LogP contribution < -0.4 is 10.1 Å². The summed E-state index contributed by atoms with van der Waals surface area (Å²) in [6.07, 6.45) is 4.51. The minimum Gasteiger partial charge on any atom is -0.494 e. The maximum atomic E-state index is 5.77. The summed E-state index contributed by atoms with van der Waals surface area (Å²) in [6, 6.07) is 9.66. The summed E-state index contributed by atoms with van der Waals surface area (Å²) in [6.45, 7) is 5.08. The molecule has 5 atom stereocenters. The highest BCUT2D eigenvalue weighted by Gasteiger charge is 2.64. The van der Waals surface area contributed by atoms with Crippen LogP contribution in [0.4, 0.5) is 0 Å². The third kappa shape index (κ3) is 1.88. The van der Waals surface area contributed by atoms with Gasteiger partial charge in [0.05, 0.1) is 6.61 Å². The van der Waals surface area contributed by atoms with Gasteiger partial charge in [0.1, 0.15) is 5.75 Å². The molecule has 5 unspecified atom stereocenters. The molecule has 1 aromatic carbocycles. The molecule has 0 amide bonds. The van der Waals surface area contributed by atoms with Crippen LogP contribution in [0.15, 0.2) is 24.3 Å². The maximum Gasteiger partial charge on any atom is 0.124 e. The van der Waals surface area contributed by atoms with Gasteiger partial charge in [-0.1, -0.05) is 18.2 Å². The van der Waals surface area contributed by atoms with Crippen LogP contribution in [0.5, 0.6) is 5.75 Å². The zero-order chi connectivity index (χ0) is 13.7. The molecule has 2 nitrogen and oxygen atoms in total. The first-order chi connectivity index (χ1) is 9.79. The van der Waals surface area contributed by atoms with Crippen LogP contribution in [0.2, 0.25) is 0 Å². The van der Waals surface area contributed by atoms with Crippen molar-refractivity contribution >= 4 is 0 Å². The molecule has 3 aliphatic carbocycles. The molecule has 108 valence electrons. The first-order valence-electron chi connectivity index (χ1n) is 8.27. The van der Waals surface area contributed by atoms with E-state index in [1.54, 1.807) is 0 Å². The second-order valence-electron chi connectivity index (χ2n) is 6.87. The molecule has 2 bridgehead atoms. The zero-order valence-corrected chi connectivity index (χ0v) is 12.5. The lowest BCUT2D eigenvalue weighted by molar-refractivity contribution is 0.330. The SMILES string of the molecule is CCOc1ccccc1C(C)NC1C2C3CCC(C3)C12. The van der Waals surface area contributed by atoms with E-state index in [2.05, 4.69) is 43.4 Å². The van der Waals surface area contributed by atoms with Crippen LogP contribution in [-0.4, -0.2) is 12.6 Å². The van der Waals surface area contributed by atoms with E-state index < -0.39 is 0 Å². The number of hydrogen-bond acceptors (Lipinski definition) is 2. The Labute approximate surface area is 121 Å². The lowest BCUT2D eigenvalue weighted by atomic mass is 10.0. The van der Waals surface area contributed by atoms with Crippen LogP contribution in [0, 0.1) is 23.7 Å². The molecule has 20 heavy (non-hydrogen) atoms. The van der Waals surface area contributed by atoms with Gasteiger partial charge in [-0.25, -0.2) is 0 Å². The Morgan fingerprint density at radius 2 is 1.90 bits per heavy atom. The normalized spacial score (nSPS) is 38.6. The van der Waals surface area contributed by atoms with Gasteiger partial charge in [0.25, 0.3) is 0 Å². The van der Waals surface area contributed by atoms with E-state index in [9.17, 15) is 0 Å². The topological polar surface area (TPSA) is 21.3 Å². The molecular weight excluding hydrogens is 246 g/mol. The maximum absolute atomic E-state index is 5.77. The predicted molar refractivity (Wildman–Crippen MR) is 80.8 cm³/mol. The first-order valence-corrected chi connectivity index (χ1v) is 8.27. The second-order valence-corrected chi connectivity index (χ2v) is 6.87. The van der Waals surface area contributed by atoms with Crippen LogP contribution in [-0.2, 0) is 0 Å². The fraction of sp³-hybridized carbons (Fsp3) is 0.667. The fourth-order valence-electron chi connectivity index (χ4n) is 5.05. The molecule has 3 aliphatic rings. The molecule has 0 spiro atoms. The van der Waals surface area contributed by atoms with Crippen molar-refractivity contribution in [3.05, 3.63) is 29.8 Å². The summed E-state index contributed by atoms with van der Waals surface area (Å²) >= 11 is 0. The molecule has 4 rings (SSSR count). The lowest BCUT2D eigenvalue weighted by Gasteiger charge is -2.20. The van der Waals surface area contributed by atoms with Crippen LogP contribution in [0.1, 0.15) is 44.7 Å². The summed E-state index contributed by atoms with van der Waals surface area (Å²) in [7, 11) is 0. The van der Waals surface area contributed by atoms with Gasteiger partial charge in [0.2, 0.25) is 0 Å². The largest absolute Gasteiger partial charge is 0.494 e. The van der Waals surface area contributed by atoms with Gasteiger partial charge in [0.15, 0.2) is 0 Å². The highest BCUT2D eigenvalue weighted by atomic mass is 16.5. The molecule has 2 heteroatoms. The average Bonchev–Trinajstić information content (AvgIpc) is 2.85. The van der Waals surface area contributed by atoms with Crippen molar-refractivity contribution in [2.24, 2.45) is 23.7 Å². The number of para-hydroxylation sites is 1. The molecule has 3 fully saturated rings. The number of fused-ring (bicyclic) bond motifs is 5. The van der Waals surface area contributed by atoms with E-state index in [-0.39, 0.29) is 0 Å². The van der Waals surface area contributed by atoms with Crippen molar-refractivity contribution in [3.63, 3.8) is 0 Å². The van der Waals surface area contributed by atoms with E-state index in [4.69, 9.17) is 4.74 Å². The number of nitrogens with one attached hydrogen (secondary N) is 1. The monoisotopic (exact) mass is 271 g/mol. The van der Waals surface area contributed by atoms with E-state index in [0.717, 1.165) is 42.1 Å². The molecule has 1 N–H and O–H groups in total.